The number of urea groups is 1. The van der Waals surface area contributed by atoms with Gasteiger partial charge in [0.1, 0.15) is 0 Å². The van der Waals surface area contributed by atoms with Crippen molar-refractivity contribution in [2.45, 2.75) is 20.3 Å². The van der Waals surface area contributed by atoms with Gasteiger partial charge in [-0.15, -0.1) is 0 Å². The second-order valence-electron chi connectivity index (χ2n) is 3.37. The molecule has 82 valence electrons. The third-order valence-electron chi connectivity index (χ3n) is 1.89. The molecule has 0 aliphatic rings. The smallest absolute Gasteiger partial charge is 0.307 e. The lowest BCUT2D eigenvalue weighted by Crippen LogP contribution is -2.40. The summed E-state index contributed by atoms with van der Waals surface area (Å²) in [5, 5.41) is 2.72. The lowest BCUT2D eigenvalue weighted by Gasteiger charge is -2.08. The number of hydrogen-bond acceptors (Lipinski definition) is 2. The fourth-order valence-corrected chi connectivity index (χ4v) is 1.07. The quantitative estimate of drug-likeness (QED) is 0.522. The summed E-state index contributed by atoms with van der Waals surface area (Å²) in [6, 6.07) is 7.40. The summed E-state index contributed by atoms with van der Waals surface area (Å²) in [6.45, 7) is 4.81. The van der Waals surface area contributed by atoms with Gasteiger partial charge in [-0.05, 0) is 25.5 Å². The fraction of sp³-hybridized carbons (Fsp3) is 0.364. The van der Waals surface area contributed by atoms with Crippen molar-refractivity contribution in [1.82, 2.24) is 10.9 Å². The van der Waals surface area contributed by atoms with E-state index in [1.54, 1.807) is 0 Å². The summed E-state index contributed by atoms with van der Waals surface area (Å²) in [5.74, 6) is 0. The number of hydrazine groups is 1. The second kappa shape index (κ2) is 6.03. The molecule has 1 aromatic carbocycles. The van der Waals surface area contributed by atoms with Gasteiger partial charge in [0.25, 0.3) is 0 Å². The topological polar surface area (TPSA) is 53.2 Å². The first kappa shape index (κ1) is 11.5. The average molecular weight is 207 g/mol. The van der Waals surface area contributed by atoms with E-state index in [0.717, 1.165) is 18.7 Å². The third kappa shape index (κ3) is 4.46. The molecule has 0 radical (unpaired) electrons. The molecule has 0 aromatic heterocycles. The number of anilines is 1. The molecular weight excluding hydrogens is 190 g/mol. The van der Waals surface area contributed by atoms with Gasteiger partial charge in [-0.25, -0.2) is 10.2 Å². The van der Waals surface area contributed by atoms with Crippen molar-refractivity contribution in [3.05, 3.63) is 29.8 Å². The molecule has 0 aliphatic carbocycles. The minimum Gasteiger partial charge on any atom is -0.307 e. The van der Waals surface area contributed by atoms with E-state index >= 15 is 0 Å². The molecular formula is C11H17N3O. The Balaban J connectivity index is 2.34. The van der Waals surface area contributed by atoms with Crippen LogP contribution in [0.2, 0.25) is 0 Å². The summed E-state index contributed by atoms with van der Waals surface area (Å²) in [4.78, 5) is 11.3. The highest BCUT2D eigenvalue weighted by atomic mass is 16.2. The zero-order valence-corrected chi connectivity index (χ0v) is 9.13. The summed E-state index contributed by atoms with van der Waals surface area (Å²) in [6.07, 6.45) is 0.977. The molecule has 3 N–H and O–H groups in total. The number of benzene rings is 1. The molecule has 0 heterocycles. The van der Waals surface area contributed by atoms with E-state index in [-0.39, 0.29) is 6.03 Å². The summed E-state index contributed by atoms with van der Waals surface area (Å²) in [5.41, 5.74) is 7.31. The van der Waals surface area contributed by atoms with Crippen LogP contribution in [0.1, 0.15) is 18.9 Å². The molecule has 0 bridgehead atoms. The van der Waals surface area contributed by atoms with Crippen molar-refractivity contribution in [1.29, 1.82) is 0 Å². The number of rotatable bonds is 4. The molecule has 0 fully saturated rings. The predicted molar refractivity (Wildman–Crippen MR) is 61.6 cm³/mol. The summed E-state index contributed by atoms with van der Waals surface area (Å²) >= 11 is 0. The highest BCUT2D eigenvalue weighted by molar-refractivity contribution is 5.88. The van der Waals surface area contributed by atoms with Crippen LogP contribution in [0.15, 0.2) is 24.3 Å². The van der Waals surface area contributed by atoms with Crippen LogP contribution in [-0.4, -0.2) is 12.6 Å². The zero-order chi connectivity index (χ0) is 11.1. The van der Waals surface area contributed by atoms with Crippen LogP contribution in [0.25, 0.3) is 0 Å². The van der Waals surface area contributed by atoms with Crippen molar-refractivity contribution in [3.8, 4) is 0 Å². The van der Waals surface area contributed by atoms with Crippen LogP contribution in [0.4, 0.5) is 10.5 Å². The first-order valence-electron chi connectivity index (χ1n) is 5.09. The lowest BCUT2D eigenvalue weighted by atomic mass is 10.2. The molecule has 4 nitrogen and oxygen atoms in total. The Hall–Kier alpha value is -1.55. The Labute approximate surface area is 90.0 Å². The zero-order valence-electron chi connectivity index (χ0n) is 9.13. The van der Waals surface area contributed by atoms with E-state index in [4.69, 9.17) is 0 Å². The van der Waals surface area contributed by atoms with Gasteiger partial charge in [0, 0.05) is 12.2 Å². The Morgan fingerprint density at radius 2 is 1.93 bits per heavy atom. The molecule has 0 atom stereocenters. The Kier molecular flexibility index (Phi) is 4.63. The van der Waals surface area contributed by atoms with E-state index in [9.17, 15) is 4.79 Å². The van der Waals surface area contributed by atoms with Crippen LogP contribution < -0.4 is 16.2 Å². The summed E-state index contributed by atoms with van der Waals surface area (Å²) < 4.78 is 0. The van der Waals surface area contributed by atoms with Gasteiger partial charge in [-0.1, -0.05) is 24.6 Å². The van der Waals surface area contributed by atoms with Gasteiger partial charge in [0.05, 0.1) is 0 Å². The Morgan fingerprint density at radius 1 is 1.27 bits per heavy atom. The highest BCUT2D eigenvalue weighted by Gasteiger charge is 1.98. The highest BCUT2D eigenvalue weighted by Crippen LogP contribution is 2.07. The number of carbonyl (C=O) groups is 1. The van der Waals surface area contributed by atoms with Crippen LogP contribution in [-0.2, 0) is 0 Å². The van der Waals surface area contributed by atoms with Crippen molar-refractivity contribution in [3.63, 3.8) is 0 Å². The molecule has 1 rings (SSSR count). The molecule has 2 amide bonds. The van der Waals surface area contributed by atoms with Gasteiger partial charge >= 0.3 is 6.03 Å². The van der Waals surface area contributed by atoms with Crippen molar-refractivity contribution in [2.24, 2.45) is 0 Å². The van der Waals surface area contributed by atoms with E-state index in [0.29, 0.717) is 0 Å². The van der Waals surface area contributed by atoms with Crippen molar-refractivity contribution >= 4 is 11.7 Å². The number of aryl methyl sites for hydroxylation is 1. The van der Waals surface area contributed by atoms with Crippen LogP contribution in [0.5, 0.6) is 0 Å². The first-order chi connectivity index (χ1) is 7.22. The fourth-order valence-electron chi connectivity index (χ4n) is 1.07. The van der Waals surface area contributed by atoms with E-state index in [2.05, 4.69) is 16.2 Å². The normalized spacial score (nSPS) is 9.73. The van der Waals surface area contributed by atoms with Gasteiger partial charge in [0.2, 0.25) is 0 Å². The van der Waals surface area contributed by atoms with Gasteiger partial charge in [0.15, 0.2) is 0 Å². The molecule has 0 aliphatic heterocycles. The number of hydrogen-bond donors (Lipinski definition) is 3. The predicted octanol–water partition coefficient (Wildman–Crippen LogP) is 2.03. The third-order valence-corrected chi connectivity index (χ3v) is 1.89. The standard InChI is InChI=1S/C11H17N3O/c1-3-8-12-14-11(15)13-10-6-4-9(2)5-7-10/h4-7,12H,3,8H2,1-2H3,(H2,13,14,15). The van der Waals surface area contributed by atoms with Gasteiger partial charge in [-0.3, -0.25) is 5.43 Å². The SMILES string of the molecule is CCCNNC(=O)Nc1ccc(C)cc1. The molecule has 0 saturated heterocycles. The molecule has 1 aromatic rings. The lowest BCUT2D eigenvalue weighted by molar-refractivity contribution is 0.248. The maximum atomic E-state index is 11.3. The molecule has 0 unspecified atom stereocenters. The first-order valence-corrected chi connectivity index (χ1v) is 5.09. The average Bonchev–Trinajstić information content (AvgIpc) is 2.22. The van der Waals surface area contributed by atoms with E-state index < -0.39 is 0 Å². The van der Waals surface area contributed by atoms with Crippen LogP contribution in [0.3, 0.4) is 0 Å². The molecule has 15 heavy (non-hydrogen) atoms. The Morgan fingerprint density at radius 3 is 2.53 bits per heavy atom. The minimum absolute atomic E-state index is 0.243. The molecule has 0 saturated carbocycles. The summed E-state index contributed by atoms with van der Waals surface area (Å²) in [7, 11) is 0. The minimum atomic E-state index is -0.243. The van der Waals surface area contributed by atoms with Crippen LogP contribution in [0, 0.1) is 6.92 Å². The molecule has 4 heteroatoms. The maximum absolute atomic E-state index is 11.3. The van der Waals surface area contributed by atoms with E-state index in [1.807, 2.05) is 38.1 Å². The Bertz CT molecular complexity index is 308. The second-order valence-corrected chi connectivity index (χ2v) is 3.37. The van der Waals surface area contributed by atoms with Gasteiger partial charge in [-0.2, -0.15) is 0 Å². The van der Waals surface area contributed by atoms with Crippen molar-refractivity contribution < 1.29 is 4.79 Å². The van der Waals surface area contributed by atoms with Gasteiger partial charge < -0.3 is 5.32 Å². The number of carbonyl (C=O) groups excluding carboxylic acids is 1. The largest absolute Gasteiger partial charge is 0.333 e. The number of nitrogens with one attached hydrogen (secondary N) is 3. The number of amides is 2. The monoisotopic (exact) mass is 207 g/mol. The maximum Gasteiger partial charge on any atom is 0.333 e. The molecule has 0 spiro atoms. The van der Waals surface area contributed by atoms with Crippen molar-refractivity contribution in [2.75, 3.05) is 11.9 Å². The van der Waals surface area contributed by atoms with E-state index in [1.165, 1.54) is 5.56 Å². The van der Waals surface area contributed by atoms with Crippen LogP contribution >= 0.6 is 0 Å².